The van der Waals surface area contributed by atoms with Gasteiger partial charge in [0.25, 0.3) is 0 Å². The molecule has 1 aromatic carbocycles. The second-order valence-electron chi connectivity index (χ2n) is 9.01. The van der Waals surface area contributed by atoms with E-state index < -0.39 is 11.6 Å². The van der Waals surface area contributed by atoms with Crippen molar-refractivity contribution in [3.63, 3.8) is 0 Å². The topological polar surface area (TPSA) is 69.4 Å². The van der Waals surface area contributed by atoms with Crippen LogP contribution in [0.5, 0.6) is 0 Å². The Morgan fingerprint density at radius 3 is 2.50 bits per heavy atom. The molecule has 4 rings (SSSR count). The number of nitrogens with zero attached hydrogens (tertiary/aromatic N) is 4. The molecule has 3 aromatic rings. The van der Waals surface area contributed by atoms with Crippen molar-refractivity contribution in [2.24, 2.45) is 4.99 Å². The summed E-state index contributed by atoms with van der Waals surface area (Å²) in [5.74, 6) is 1.13. The molecule has 0 saturated heterocycles. The Bertz CT molecular complexity index is 1230. The first kappa shape index (κ1) is 22.1. The molecule has 1 aliphatic rings. The smallest absolute Gasteiger partial charge is 0.308 e. The molecule has 7 heteroatoms. The van der Waals surface area contributed by atoms with Crippen molar-refractivity contribution in [3.8, 4) is 5.00 Å². The van der Waals surface area contributed by atoms with Gasteiger partial charge in [-0.2, -0.15) is 0 Å². The summed E-state index contributed by atoms with van der Waals surface area (Å²) in [6, 6.07) is 7.65. The fourth-order valence-corrected chi connectivity index (χ4v) is 5.06. The summed E-state index contributed by atoms with van der Waals surface area (Å²) in [5, 5.41) is 9.79. The van der Waals surface area contributed by atoms with E-state index in [1.165, 1.54) is 10.4 Å². The Morgan fingerprint density at radius 2 is 1.88 bits per heavy atom. The molecule has 1 atom stereocenters. The number of esters is 1. The molecule has 1 aliphatic heterocycles. The normalized spacial score (nSPS) is 15.4. The summed E-state index contributed by atoms with van der Waals surface area (Å²) in [7, 11) is 0. The number of hydrogen-bond acceptors (Lipinski definition) is 6. The van der Waals surface area contributed by atoms with E-state index in [1.807, 2.05) is 50.5 Å². The Morgan fingerprint density at radius 1 is 1.19 bits per heavy atom. The number of carbonyl (C=O) groups is 1. The van der Waals surface area contributed by atoms with Gasteiger partial charge in [-0.3, -0.25) is 14.4 Å². The maximum absolute atomic E-state index is 12.8. The number of fused-ring (bicyclic) bond motifs is 3. The van der Waals surface area contributed by atoms with Gasteiger partial charge in [0.1, 0.15) is 22.5 Å². The van der Waals surface area contributed by atoms with Crippen LogP contribution in [0.2, 0.25) is 0 Å². The number of hydrogen-bond donors (Lipinski definition) is 0. The summed E-state index contributed by atoms with van der Waals surface area (Å²) in [6.45, 7) is 15.6. The third-order valence-corrected chi connectivity index (χ3v) is 6.63. The average molecular weight is 449 g/mol. The third-order valence-electron chi connectivity index (χ3n) is 5.44. The zero-order chi connectivity index (χ0) is 23.2. The molecule has 6 nitrogen and oxygen atoms in total. The van der Waals surface area contributed by atoms with Gasteiger partial charge >= 0.3 is 5.97 Å². The van der Waals surface area contributed by atoms with Crippen LogP contribution in [0.3, 0.4) is 0 Å². The van der Waals surface area contributed by atoms with Crippen LogP contribution < -0.4 is 0 Å². The molecule has 166 valence electrons. The van der Waals surface area contributed by atoms with Crippen molar-refractivity contribution < 1.29 is 9.53 Å². The van der Waals surface area contributed by atoms with Crippen LogP contribution in [0.1, 0.15) is 72.0 Å². The van der Waals surface area contributed by atoms with E-state index in [9.17, 15) is 4.79 Å². The molecule has 0 N–H and O–H groups in total. The maximum Gasteiger partial charge on any atom is 0.308 e. The lowest BCUT2D eigenvalue weighted by Crippen LogP contribution is -2.25. The second kappa shape index (κ2) is 8.13. The summed E-state index contributed by atoms with van der Waals surface area (Å²) < 4.78 is 7.65. The van der Waals surface area contributed by atoms with Crippen molar-refractivity contribution in [2.75, 3.05) is 0 Å². The fourth-order valence-electron chi connectivity index (χ4n) is 3.84. The number of aliphatic imine (C=N–C) groups is 1. The summed E-state index contributed by atoms with van der Waals surface area (Å²) >= 11 is 1.70. The minimum Gasteiger partial charge on any atom is -0.460 e. The van der Waals surface area contributed by atoms with Gasteiger partial charge in [0, 0.05) is 16.0 Å². The van der Waals surface area contributed by atoms with E-state index in [0.29, 0.717) is 5.82 Å². The zero-order valence-electron chi connectivity index (χ0n) is 19.4. The molecule has 32 heavy (non-hydrogen) atoms. The number of carbonyl (C=O) groups excluding carboxylic acids is 1. The lowest BCUT2D eigenvalue weighted by Gasteiger charge is -2.21. The number of benzene rings is 1. The summed E-state index contributed by atoms with van der Waals surface area (Å²) in [4.78, 5) is 19.1. The maximum atomic E-state index is 12.8. The van der Waals surface area contributed by atoms with Crippen molar-refractivity contribution in [2.45, 2.75) is 59.6 Å². The standard InChI is InChI=1S/C25H28N4O2S/c1-8-17-9-11-18(12-10-17)22-21-14(2)15(3)32-24(21)29-16(4)27-28-23(29)19(26-22)13-20(30)31-25(5,6)7/h8-12,19H,1,13H2,2-7H3. The zero-order valence-corrected chi connectivity index (χ0v) is 20.2. The van der Waals surface area contributed by atoms with E-state index in [1.54, 1.807) is 11.3 Å². The van der Waals surface area contributed by atoms with Crippen LogP contribution in [-0.2, 0) is 9.53 Å². The largest absolute Gasteiger partial charge is 0.460 e. The molecule has 2 aromatic heterocycles. The average Bonchev–Trinajstić information content (AvgIpc) is 3.19. The number of thiophene rings is 1. The first-order chi connectivity index (χ1) is 15.1. The second-order valence-corrected chi connectivity index (χ2v) is 10.2. The van der Waals surface area contributed by atoms with E-state index >= 15 is 0 Å². The van der Waals surface area contributed by atoms with Crippen LogP contribution in [0.4, 0.5) is 0 Å². The van der Waals surface area contributed by atoms with Crippen molar-refractivity contribution >= 4 is 29.1 Å². The Balaban J connectivity index is 1.91. The molecule has 0 spiro atoms. The Labute approximate surface area is 192 Å². The number of aryl methyl sites for hydroxylation is 2. The lowest BCUT2D eigenvalue weighted by atomic mass is 9.98. The molecule has 0 fully saturated rings. The van der Waals surface area contributed by atoms with Gasteiger partial charge in [-0.25, -0.2) is 0 Å². The van der Waals surface area contributed by atoms with Crippen molar-refractivity contribution in [1.82, 2.24) is 14.8 Å². The monoisotopic (exact) mass is 448 g/mol. The number of aromatic nitrogens is 3. The van der Waals surface area contributed by atoms with Gasteiger partial charge < -0.3 is 4.74 Å². The fraction of sp³-hybridized carbons (Fsp3) is 0.360. The van der Waals surface area contributed by atoms with E-state index in [2.05, 4.69) is 42.8 Å². The molecular weight excluding hydrogens is 420 g/mol. The highest BCUT2D eigenvalue weighted by molar-refractivity contribution is 7.15. The molecule has 3 heterocycles. The predicted octanol–water partition coefficient (Wildman–Crippen LogP) is 5.52. The quantitative estimate of drug-likeness (QED) is 0.493. The first-order valence-corrected chi connectivity index (χ1v) is 11.5. The van der Waals surface area contributed by atoms with Gasteiger partial charge in [-0.15, -0.1) is 21.5 Å². The van der Waals surface area contributed by atoms with E-state index in [0.717, 1.165) is 33.2 Å². The van der Waals surface area contributed by atoms with Gasteiger partial charge in [0.15, 0.2) is 5.82 Å². The highest BCUT2D eigenvalue weighted by Gasteiger charge is 2.33. The minimum atomic E-state index is -0.565. The molecule has 1 unspecified atom stereocenters. The van der Waals surface area contributed by atoms with Crippen LogP contribution in [0.15, 0.2) is 35.8 Å². The summed E-state index contributed by atoms with van der Waals surface area (Å²) in [6.07, 6.45) is 1.91. The lowest BCUT2D eigenvalue weighted by molar-refractivity contribution is -0.155. The van der Waals surface area contributed by atoms with Gasteiger partial charge in [0.2, 0.25) is 0 Å². The van der Waals surface area contributed by atoms with E-state index in [-0.39, 0.29) is 12.4 Å². The van der Waals surface area contributed by atoms with Crippen LogP contribution >= 0.6 is 11.3 Å². The molecule has 0 radical (unpaired) electrons. The van der Waals surface area contributed by atoms with Gasteiger partial charge in [-0.1, -0.05) is 36.9 Å². The van der Waals surface area contributed by atoms with Crippen molar-refractivity contribution in [1.29, 1.82) is 0 Å². The Kier molecular flexibility index (Phi) is 5.63. The molecule has 0 saturated carbocycles. The first-order valence-electron chi connectivity index (χ1n) is 10.6. The Hall–Kier alpha value is -3.06. The van der Waals surface area contributed by atoms with Crippen LogP contribution in [-0.4, -0.2) is 32.0 Å². The molecule has 0 bridgehead atoms. The third kappa shape index (κ3) is 4.05. The van der Waals surface area contributed by atoms with Crippen LogP contribution in [0, 0.1) is 20.8 Å². The molecular formula is C25H28N4O2S. The van der Waals surface area contributed by atoms with Crippen LogP contribution in [0.25, 0.3) is 11.1 Å². The van der Waals surface area contributed by atoms with E-state index in [4.69, 9.17) is 9.73 Å². The van der Waals surface area contributed by atoms with Gasteiger partial charge in [-0.05, 0) is 52.7 Å². The minimum absolute atomic E-state index is 0.0939. The SMILES string of the molecule is C=Cc1ccc(C2=NC(CC(=O)OC(C)(C)C)c3nnc(C)n3-c3sc(C)c(C)c32)cc1. The van der Waals surface area contributed by atoms with Crippen molar-refractivity contribution in [3.05, 3.63) is 69.6 Å². The highest BCUT2D eigenvalue weighted by atomic mass is 32.1. The molecule has 0 amide bonds. The molecule has 0 aliphatic carbocycles. The number of rotatable bonds is 4. The van der Waals surface area contributed by atoms with Gasteiger partial charge in [0.05, 0.1) is 12.1 Å². The predicted molar refractivity (Wildman–Crippen MR) is 129 cm³/mol. The highest BCUT2D eigenvalue weighted by Crippen LogP contribution is 2.39. The number of ether oxygens (including phenoxy) is 1. The summed E-state index contributed by atoms with van der Waals surface area (Å²) in [5.41, 5.74) is 4.56.